The van der Waals surface area contributed by atoms with Crippen LogP contribution in [0.25, 0.3) is 0 Å². The molecule has 2 rings (SSSR count). The molecule has 0 aromatic heterocycles. The van der Waals surface area contributed by atoms with E-state index in [-0.39, 0.29) is 12.5 Å². The van der Waals surface area contributed by atoms with Crippen molar-refractivity contribution in [2.45, 2.75) is 0 Å². The Kier molecular flexibility index (Phi) is 2.15. The summed E-state index contributed by atoms with van der Waals surface area (Å²) in [6.07, 6.45) is 0. The van der Waals surface area contributed by atoms with Gasteiger partial charge in [-0.15, -0.1) is 0 Å². The molecule has 1 aromatic carbocycles. The Labute approximate surface area is 78.0 Å². The van der Waals surface area contributed by atoms with Gasteiger partial charge in [0.25, 0.3) is 0 Å². The minimum Gasteiger partial charge on any atom is -0.475 e. The van der Waals surface area contributed by atoms with E-state index in [1.54, 1.807) is 0 Å². The third-order valence-corrected chi connectivity index (χ3v) is 1.84. The van der Waals surface area contributed by atoms with Gasteiger partial charge < -0.3 is 4.74 Å². The van der Waals surface area contributed by atoms with Crippen molar-refractivity contribution >= 4 is 5.90 Å². The molecule has 0 amide bonds. The van der Waals surface area contributed by atoms with Gasteiger partial charge in [0.15, 0.2) is 11.6 Å². The molecule has 5 heteroatoms. The topological polar surface area (TPSA) is 21.6 Å². The molecule has 1 aromatic rings. The van der Waals surface area contributed by atoms with Crippen molar-refractivity contribution in [3.8, 4) is 0 Å². The molecule has 74 valence electrons. The first-order chi connectivity index (χ1) is 6.70. The van der Waals surface area contributed by atoms with Gasteiger partial charge >= 0.3 is 0 Å². The number of halogens is 3. The first-order valence-corrected chi connectivity index (χ1v) is 4.01. The molecule has 2 nitrogen and oxygen atoms in total. The van der Waals surface area contributed by atoms with Crippen LogP contribution in [0.1, 0.15) is 5.56 Å². The van der Waals surface area contributed by atoms with Crippen molar-refractivity contribution in [2.24, 2.45) is 4.99 Å². The van der Waals surface area contributed by atoms with Crippen LogP contribution >= 0.6 is 0 Å². The average molecular weight is 201 g/mol. The van der Waals surface area contributed by atoms with Crippen LogP contribution in [0.2, 0.25) is 0 Å². The van der Waals surface area contributed by atoms with Crippen molar-refractivity contribution in [1.82, 2.24) is 0 Å². The molecular formula is C9H6F3NO. The van der Waals surface area contributed by atoms with E-state index in [9.17, 15) is 13.2 Å². The Hall–Kier alpha value is -1.52. The molecule has 0 aliphatic carbocycles. The Morgan fingerprint density at radius 2 is 1.86 bits per heavy atom. The fourth-order valence-corrected chi connectivity index (χ4v) is 1.21. The van der Waals surface area contributed by atoms with Gasteiger partial charge in [0, 0.05) is 0 Å². The zero-order valence-corrected chi connectivity index (χ0v) is 7.06. The van der Waals surface area contributed by atoms with Crippen molar-refractivity contribution in [3.63, 3.8) is 0 Å². The van der Waals surface area contributed by atoms with Gasteiger partial charge in [-0.25, -0.2) is 18.2 Å². The highest BCUT2D eigenvalue weighted by molar-refractivity contribution is 5.95. The molecule has 0 bridgehead atoms. The van der Waals surface area contributed by atoms with Crippen LogP contribution in [0, 0.1) is 17.5 Å². The molecule has 0 unspecified atom stereocenters. The first-order valence-electron chi connectivity index (χ1n) is 4.01. The van der Waals surface area contributed by atoms with Crippen LogP contribution in [0.3, 0.4) is 0 Å². The Morgan fingerprint density at radius 1 is 1.14 bits per heavy atom. The number of ether oxygens (including phenoxy) is 1. The highest BCUT2D eigenvalue weighted by atomic mass is 19.2. The maximum Gasteiger partial charge on any atom is 0.222 e. The Bertz CT molecular complexity index is 403. The van der Waals surface area contributed by atoms with Crippen LogP contribution in [0.5, 0.6) is 0 Å². The summed E-state index contributed by atoms with van der Waals surface area (Å²) in [4.78, 5) is 3.72. The first kappa shape index (κ1) is 9.05. The van der Waals surface area contributed by atoms with Crippen LogP contribution in [-0.2, 0) is 4.74 Å². The zero-order chi connectivity index (χ0) is 10.1. The lowest BCUT2D eigenvalue weighted by molar-refractivity contribution is 0.344. The quantitative estimate of drug-likeness (QED) is 0.635. The number of rotatable bonds is 1. The van der Waals surface area contributed by atoms with Gasteiger partial charge in [0.05, 0.1) is 6.54 Å². The molecule has 1 heterocycles. The van der Waals surface area contributed by atoms with Crippen molar-refractivity contribution < 1.29 is 17.9 Å². The smallest absolute Gasteiger partial charge is 0.222 e. The van der Waals surface area contributed by atoms with Crippen LogP contribution in [0.4, 0.5) is 13.2 Å². The highest BCUT2D eigenvalue weighted by Crippen LogP contribution is 2.18. The second-order valence-electron chi connectivity index (χ2n) is 2.75. The molecule has 1 aliphatic heterocycles. The average Bonchev–Trinajstić information content (AvgIpc) is 2.65. The SMILES string of the molecule is Fc1ccc(F)c(C2=NCCO2)c1F. The van der Waals surface area contributed by atoms with E-state index in [2.05, 4.69) is 4.99 Å². The van der Waals surface area contributed by atoms with Gasteiger partial charge in [-0.2, -0.15) is 0 Å². The number of aliphatic imine (C=N–C) groups is 1. The summed E-state index contributed by atoms with van der Waals surface area (Å²) < 4.78 is 43.9. The Balaban J connectivity index is 2.55. The van der Waals surface area contributed by atoms with E-state index in [4.69, 9.17) is 4.74 Å². The summed E-state index contributed by atoms with van der Waals surface area (Å²) in [7, 11) is 0. The van der Waals surface area contributed by atoms with Gasteiger partial charge in [0.1, 0.15) is 18.0 Å². The van der Waals surface area contributed by atoms with Crippen LogP contribution < -0.4 is 0 Å². The lowest BCUT2D eigenvalue weighted by atomic mass is 10.2. The number of benzene rings is 1. The van der Waals surface area contributed by atoms with E-state index in [1.807, 2.05) is 0 Å². The van der Waals surface area contributed by atoms with E-state index in [0.717, 1.165) is 12.1 Å². The molecule has 0 N–H and O–H groups in total. The van der Waals surface area contributed by atoms with Crippen molar-refractivity contribution in [1.29, 1.82) is 0 Å². The number of nitrogens with zero attached hydrogens (tertiary/aromatic N) is 1. The second-order valence-corrected chi connectivity index (χ2v) is 2.75. The third-order valence-electron chi connectivity index (χ3n) is 1.84. The van der Waals surface area contributed by atoms with E-state index in [1.165, 1.54) is 0 Å². The maximum absolute atomic E-state index is 13.1. The van der Waals surface area contributed by atoms with Gasteiger partial charge in [-0.1, -0.05) is 0 Å². The molecular weight excluding hydrogens is 195 g/mol. The van der Waals surface area contributed by atoms with Gasteiger partial charge in [-0.3, -0.25) is 0 Å². The lowest BCUT2D eigenvalue weighted by Crippen LogP contribution is -2.09. The van der Waals surface area contributed by atoms with E-state index in [0.29, 0.717) is 6.54 Å². The summed E-state index contributed by atoms with van der Waals surface area (Å²) in [6.45, 7) is 0.607. The maximum atomic E-state index is 13.1. The molecule has 14 heavy (non-hydrogen) atoms. The molecule has 0 saturated heterocycles. The minimum absolute atomic E-state index is 0.167. The lowest BCUT2D eigenvalue weighted by Gasteiger charge is -2.04. The molecule has 0 fully saturated rings. The van der Waals surface area contributed by atoms with E-state index < -0.39 is 23.0 Å². The minimum atomic E-state index is -1.26. The summed E-state index contributed by atoms with van der Waals surface area (Å²) in [5.41, 5.74) is -0.525. The molecule has 1 aliphatic rings. The predicted octanol–water partition coefficient (Wildman–Crippen LogP) is 1.88. The predicted molar refractivity (Wildman–Crippen MR) is 43.7 cm³/mol. The Morgan fingerprint density at radius 3 is 2.50 bits per heavy atom. The number of hydrogen-bond acceptors (Lipinski definition) is 2. The summed E-state index contributed by atoms with van der Waals surface area (Å²) >= 11 is 0. The summed E-state index contributed by atoms with van der Waals surface area (Å²) in [5, 5.41) is 0. The zero-order valence-electron chi connectivity index (χ0n) is 7.06. The summed E-state index contributed by atoms with van der Waals surface area (Å²) in [5.74, 6) is -3.41. The summed E-state index contributed by atoms with van der Waals surface area (Å²) in [6, 6.07) is 1.57. The van der Waals surface area contributed by atoms with Crippen LogP contribution in [-0.4, -0.2) is 19.0 Å². The third kappa shape index (κ3) is 1.34. The fraction of sp³-hybridized carbons (Fsp3) is 0.222. The fourth-order valence-electron chi connectivity index (χ4n) is 1.21. The van der Waals surface area contributed by atoms with Crippen molar-refractivity contribution in [3.05, 3.63) is 35.1 Å². The second kappa shape index (κ2) is 3.32. The van der Waals surface area contributed by atoms with Gasteiger partial charge in [0.2, 0.25) is 5.90 Å². The monoisotopic (exact) mass is 201 g/mol. The highest BCUT2D eigenvalue weighted by Gasteiger charge is 2.22. The molecule has 0 saturated carbocycles. The van der Waals surface area contributed by atoms with Crippen LogP contribution in [0.15, 0.2) is 17.1 Å². The largest absolute Gasteiger partial charge is 0.475 e. The molecule has 0 radical (unpaired) electrons. The van der Waals surface area contributed by atoms with E-state index >= 15 is 0 Å². The standard InChI is InChI=1S/C9H6F3NO/c10-5-1-2-6(11)8(12)7(5)9-13-3-4-14-9/h1-2H,3-4H2. The molecule has 0 spiro atoms. The molecule has 0 atom stereocenters. The number of hydrogen-bond donors (Lipinski definition) is 0. The van der Waals surface area contributed by atoms with Gasteiger partial charge in [-0.05, 0) is 12.1 Å². The van der Waals surface area contributed by atoms with Crippen molar-refractivity contribution in [2.75, 3.05) is 13.2 Å². The normalized spacial score (nSPS) is 15.2.